The van der Waals surface area contributed by atoms with Crippen LogP contribution in [0.1, 0.15) is 30.9 Å². The zero-order chi connectivity index (χ0) is 23.2. The van der Waals surface area contributed by atoms with Crippen LogP contribution >= 0.6 is 0 Å². The molecule has 2 atom stereocenters. The SMILES string of the molecule is O=C(N[C@H]1CC(=O)N(c2ccc3c(ccn3-c3ccc(F)cc3)c2)C1c1ccccc1)C1CC1. The topological polar surface area (TPSA) is 54.3 Å². The number of carbonyl (C=O) groups is 2. The van der Waals surface area contributed by atoms with Crippen molar-refractivity contribution in [3.63, 3.8) is 0 Å². The van der Waals surface area contributed by atoms with Gasteiger partial charge >= 0.3 is 0 Å². The van der Waals surface area contributed by atoms with Crippen molar-refractivity contribution < 1.29 is 14.0 Å². The lowest BCUT2D eigenvalue weighted by atomic mass is 9.99. The smallest absolute Gasteiger partial charge is 0.229 e. The number of amides is 2. The van der Waals surface area contributed by atoms with Gasteiger partial charge in [-0.2, -0.15) is 0 Å². The fourth-order valence-electron chi connectivity index (χ4n) is 4.95. The number of hydrogen-bond donors (Lipinski definition) is 1. The Labute approximate surface area is 196 Å². The molecule has 2 fully saturated rings. The average Bonchev–Trinajstić information content (AvgIpc) is 3.55. The number of hydrogen-bond acceptors (Lipinski definition) is 2. The summed E-state index contributed by atoms with van der Waals surface area (Å²) in [6, 6.07) is 23.6. The van der Waals surface area contributed by atoms with Crippen LogP contribution in [0.15, 0.2) is 85.1 Å². The first-order chi connectivity index (χ1) is 16.6. The average molecular weight is 454 g/mol. The monoisotopic (exact) mass is 453 g/mol. The molecule has 2 aliphatic rings. The maximum absolute atomic E-state index is 13.4. The molecule has 5 nitrogen and oxygen atoms in total. The van der Waals surface area contributed by atoms with Crippen molar-refractivity contribution in [3.05, 3.63) is 96.4 Å². The zero-order valence-electron chi connectivity index (χ0n) is 18.5. The number of nitrogens with zero attached hydrogens (tertiary/aromatic N) is 2. The van der Waals surface area contributed by atoms with Crippen LogP contribution in [0.3, 0.4) is 0 Å². The van der Waals surface area contributed by atoms with Gasteiger partial charge in [-0.3, -0.25) is 9.59 Å². The minimum absolute atomic E-state index is 0.00716. The van der Waals surface area contributed by atoms with Crippen LogP contribution < -0.4 is 10.2 Å². The van der Waals surface area contributed by atoms with Crippen molar-refractivity contribution in [2.75, 3.05) is 4.90 Å². The number of fused-ring (bicyclic) bond motifs is 1. The standard InChI is InChI=1S/C28H24FN3O2/c29-21-8-10-22(11-9-21)31-15-14-20-16-23(12-13-25(20)31)32-26(33)17-24(30-28(34)19-6-7-19)27(32)18-4-2-1-3-5-18/h1-5,8-16,19,24,27H,6-7,17H2,(H,30,34)/t24-,27?/m0/s1. The summed E-state index contributed by atoms with van der Waals surface area (Å²) >= 11 is 0. The van der Waals surface area contributed by atoms with E-state index in [9.17, 15) is 14.0 Å². The van der Waals surface area contributed by atoms with Gasteiger partial charge in [0.2, 0.25) is 11.8 Å². The minimum Gasteiger partial charge on any atom is -0.350 e. The largest absolute Gasteiger partial charge is 0.350 e. The fraction of sp³-hybridized carbons (Fsp3) is 0.214. The highest BCUT2D eigenvalue weighted by atomic mass is 19.1. The van der Waals surface area contributed by atoms with Crippen molar-refractivity contribution >= 4 is 28.4 Å². The first kappa shape index (κ1) is 20.7. The summed E-state index contributed by atoms with van der Waals surface area (Å²) in [7, 11) is 0. The maximum atomic E-state index is 13.4. The Morgan fingerprint density at radius 3 is 2.38 bits per heavy atom. The summed E-state index contributed by atoms with van der Waals surface area (Å²) in [4.78, 5) is 27.6. The van der Waals surface area contributed by atoms with Gasteiger partial charge in [-0.15, -0.1) is 0 Å². The number of nitrogens with one attached hydrogen (secondary N) is 1. The number of aromatic nitrogens is 1. The van der Waals surface area contributed by atoms with Gasteiger partial charge in [0, 0.05) is 35.3 Å². The van der Waals surface area contributed by atoms with E-state index in [1.54, 1.807) is 12.1 Å². The van der Waals surface area contributed by atoms with Crippen LogP contribution in [0.25, 0.3) is 16.6 Å². The molecule has 6 rings (SSSR count). The van der Waals surface area contributed by atoms with E-state index in [1.165, 1.54) is 12.1 Å². The number of rotatable bonds is 5. The van der Waals surface area contributed by atoms with Gasteiger partial charge in [0.05, 0.1) is 17.6 Å². The lowest BCUT2D eigenvalue weighted by Crippen LogP contribution is -2.40. The quantitative estimate of drug-likeness (QED) is 0.455. The predicted molar refractivity (Wildman–Crippen MR) is 129 cm³/mol. The molecule has 6 heteroatoms. The number of halogens is 1. The summed E-state index contributed by atoms with van der Waals surface area (Å²) < 4.78 is 15.4. The molecule has 1 N–H and O–H groups in total. The summed E-state index contributed by atoms with van der Waals surface area (Å²) in [6.07, 6.45) is 4.06. The van der Waals surface area contributed by atoms with Gasteiger partial charge in [0.1, 0.15) is 5.82 Å². The van der Waals surface area contributed by atoms with Crippen LogP contribution in [0, 0.1) is 11.7 Å². The predicted octanol–water partition coefficient (Wildman–Crippen LogP) is 5.14. The lowest BCUT2D eigenvalue weighted by molar-refractivity contribution is -0.123. The van der Waals surface area contributed by atoms with Gasteiger partial charge in [-0.1, -0.05) is 30.3 Å². The Balaban J connectivity index is 1.37. The van der Waals surface area contributed by atoms with Gasteiger partial charge < -0.3 is 14.8 Å². The van der Waals surface area contributed by atoms with E-state index in [-0.39, 0.29) is 42.1 Å². The molecule has 0 spiro atoms. The molecule has 2 heterocycles. The zero-order valence-corrected chi connectivity index (χ0v) is 18.5. The molecule has 0 bridgehead atoms. The van der Waals surface area contributed by atoms with Gasteiger partial charge in [-0.05, 0) is 66.9 Å². The highest BCUT2D eigenvalue weighted by Gasteiger charge is 2.43. The second-order valence-corrected chi connectivity index (χ2v) is 9.12. The van der Waals surface area contributed by atoms with Crippen molar-refractivity contribution in [1.29, 1.82) is 0 Å². The van der Waals surface area contributed by atoms with Crippen molar-refractivity contribution in [1.82, 2.24) is 9.88 Å². The van der Waals surface area contributed by atoms with Crippen molar-refractivity contribution in [2.24, 2.45) is 5.92 Å². The molecule has 1 saturated carbocycles. The molecule has 1 unspecified atom stereocenters. The van der Waals surface area contributed by atoms with Crippen LogP contribution in [0.4, 0.5) is 10.1 Å². The Bertz CT molecular complexity index is 1380. The normalized spacial score (nSPS) is 20.1. The molecule has 1 aliphatic heterocycles. The van der Waals surface area contributed by atoms with E-state index in [4.69, 9.17) is 0 Å². The molecule has 1 aromatic heterocycles. The highest BCUT2D eigenvalue weighted by Crippen LogP contribution is 2.39. The molecule has 170 valence electrons. The van der Waals surface area contributed by atoms with Crippen LogP contribution in [-0.4, -0.2) is 22.4 Å². The Kier molecular flexibility index (Phi) is 4.94. The molecular weight excluding hydrogens is 429 g/mol. The summed E-state index contributed by atoms with van der Waals surface area (Å²) in [5.41, 5.74) is 3.63. The Morgan fingerprint density at radius 1 is 0.912 bits per heavy atom. The van der Waals surface area contributed by atoms with Crippen LogP contribution in [-0.2, 0) is 9.59 Å². The number of benzene rings is 3. The van der Waals surface area contributed by atoms with E-state index in [0.717, 1.165) is 40.7 Å². The minimum atomic E-state index is -0.275. The van der Waals surface area contributed by atoms with Gasteiger partial charge in [-0.25, -0.2) is 4.39 Å². The first-order valence-electron chi connectivity index (χ1n) is 11.6. The fourth-order valence-corrected chi connectivity index (χ4v) is 4.95. The molecular formula is C28H24FN3O2. The third-order valence-electron chi connectivity index (χ3n) is 6.80. The maximum Gasteiger partial charge on any atom is 0.229 e. The third-order valence-corrected chi connectivity index (χ3v) is 6.80. The van der Waals surface area contributed by atoms with E-state index < -0.39 is 0 Å². The number of carbonyl (C=O) groups excluding carboxylic acids is 2. The van der Waals surface area contributed by atoms with Crippen LogP contribution in [0.5, 0.6) is 0 Å². The second-order valence-electron chi connectivity index (χ2n) is 9.12. The summed E-state index contributed by atoms with van der Waals surface area (Å²) in [5.74, 6) is -0.145. The van der Waals surface area contributed by atoms with E-state index in [1.807, 2.05) is 70.3 Å². The molecule has 34 heavy (non-hydrogen) atoms. The third kappa shape index (κ3) is 3.65. The first-order valence-corrected chi connectivity index (χ1v) is 11.6. The molecule has 3 aromatic carbocycles. The molecule has 4 aromatic rings. The van der Waals surface area contributed by atoms with E-state index in [0.29, 0.717) is 0 Å². The second kappa shape index (κ2) is 8.13. The summed E-state index contributed by atoms with van der Waals surface area (Å²) in [6.45, 7) is 0. The highest BCUT2D eigenvalue weighted by molar-refractivity contribution is 6.00. The Hall–Kier alpha value is -3.93. The molecule has 1 aliphatic carbocycles. The van der Waals surface area contributed by atoms with E-state index >= 15 is 0 Å². The molecule has 1 saturated heterocycles. The molecule has 0 radical (unpaired) electrons. The Morgan fingerprint density at radius 2 is 1.65 bits per heavy atom. The number of anilines is 1. The van der Waals surface area contributed by atoms with Crippen molar-refractivity contribution in [3.8, 4) is 5.69 Å². The van der Waals surface area contributed by atoms with Crippen LogP contribution in [0.2, 0.25) is 0 Å². The lowest BCUT2D eigenvalue weighted by Gasteiger charge is -2.29. The molecule has 2 amide bonds. The van der Waals surface area contributed by atoms with E-state index in [2.05, 4.69) is 5.32 Å². The van der Waals surface area contributed by atoms with Gasteiger partial charge in [0.15, 0.2) is 0 Å². The van der Waals surface area contributed by atoms with Crippen molar-refractivity contribution in [2.45, 2.75) is 31.3 Å². The summed E-state index contributed by atoms with van der Waals surface area (Å²) in [5, 5.41) is 4.13. The van der Waals surface area contributed by atoms with Gasteiger partial charge in [0.25, 0.3) is 0 Å².